The van der Waals surface area contributed by atoms with Gasteiger partial charge in [0, 0.05) is 31.0 Å². The lowest BCUT2D eigenvalue weighted by molar-refractivity contribution is 0.244. The summed E-state index contributed by atoms with van der Waals surface area (Å²) in [5, 5.41) is 3.46. The molecule has 116 valence electrons. The van der Waals surface area contributed by atoms with E-state index < -0.39 is 0 Å². The number of anilines is 1. The Bertz CT molecular complexity index is 444. The predicted octanol–water partition coefficient (Wildman–Crippen LogP) is 3.74. The van der Waals surface area contributed by atoms with Crippen LogP contribution in [0.3, 0.4) is 0 Å². The first-order valence-electron chi connectivity index (χ1n) is 8.81. The Kier molecular flexibility index (Phi) is 5.13. The summed E-state index contributed by atoms with van der Waals surface area (Å²) >= 11 is 0. The van der Waals surface area contributed by atoms with E-state index in [1.54, 1.807) is 0 Å². The van der Waals surface area contributed by atoms with Crippen LogP contribution in [0.4, 0.5) is 5.69 Å². The quantitative estimate of drug-likeness (QED) is 0.836. The van der Waals surface area contributed by atoms with Gasteiger partial charge in [0.05, 0.1) is 5.69 Å². The fourth-order valence-corrected chi connectivity index (χ4v) is 4.08. The maximum Gasteiger partial charge on any atom is 0.0562 e. The van der Waals surface area contributed by atoms with Crippen molar-refractivity contribution in [2.75, 3.05) is 18.0 Å². The number of nitrogens with one attached hydrogen (secondary N) is 1. The lowest BCUT2D eigenvalue weighted by Gasteiger charge is -2.45. The molecule has 1 N–H and O–H groups in total. The molecule has 1 saturated carbocycles. The maximum absolute atomic E-state index is 4.52. The van der Waals surface area contributed by atoms with E-state index in [-0.39, 0.29) is 0 Å². The Balaban J connectivity index is 1.71. The van der Waals surface area contributed by atoms with Gasteiger partial charge >= 0.3 is 0 Å². The molecule has 1 aromatic heterocycles. The molecule has 1 aliphatic heterocycles. The molecule has 0 bridgehead atoms. The van der Waals surface area contributed by atoms with Crippen molar-refractivity contribution >= 4 is 5.69 Å². The second-order valence-electron chi connectivity index (χ2n) is 6.63. The van der Waals surface area contributed by atoms with E-state index in [0.29, 0.717) is 0 Å². The molecular formula is C18H29N3. The summed E-state index contributed by atoms with van der Waals surface area (Å²) in [5.41, 5.74) is 2.58. The Labute approximate surface area is 129 Å². The van der Waals surface area contributed by atoms with Gasteiger partial charge in [-0.1, -0.05) is 19.8 Å². The Morgan fingerprint density at radius 3 is 3.00 bits per heavy atom. The Morgan fingerprint density at radius 1 is 1.24 bits per heavy atom. The lowest BCUT2D eigenvalue weighted by Crippen LogP contribution is -2.47. The number of aromatic nitrogens is 1. The van der Waals surface area contributed by atoms with Gasteiger partial charge in [-0.25, -0.2) is 0 Å². The normalized spacial score (nSPS) is 25.7. The molecule has 0 aromatic carbocycles. The summed E-state index contributed by atoms with van der Waals surface area (Å²) in [6.45, 7) is 5.39. The van der Waals surface area contributed by atoms with Crippen LogP contribution in [0.5, 0.6) is 0 Å². The van der Waals surface area contributed by atoms with Crippen LogP contribution in [0.25, 0.3) is 0 Å². The van der Waals surface area contributed by atoms with Gasteiger partial charge < -0.3 is 10.2 Å². The minimum absolute atomic E-state index is 0.784. The van der Waals surface area contributed by atoms with Gasteiger partial charge in [-0.05, 0) is 56.7 Å². The first-order chi connectivity index (χ1) is 10.4. The summed E-state index contributed by atoms with van der Waals surface area (Å²) in [7, 11) is 0. The number of fused-ring (bicyclic) bond motifs is 1. The van der Waals surface area contributed by atoms with Crippen LogP contribution in [0.1, 0.15) is 57.6 Å². The summed E-state index contributed by atoms with van der Waals surface area (Å²) in [6, 6.07) is 5.30. The molecule has 3 heteroatoms. The number of piperidine rings is 1. The van der Waals surface area contributed by atoms with Gasteiger partial charge in [0.25, 0.3) is 0 Å². The van der Waals surface area contributed by atoms with Gasteiger partial charge in [0.15, 0.2) is 0 Å². The maximum atomic E-state index is 4.52. The van der Waals surface area contributed by atoms with Crippen LogP contribution in [-0.2, 0) is 6.54 Å². The number of nitrogens with zero attached hydrogens (tertiary/aromatic N) is 2. The van der Waals surface area contributed by atoms with Crippen LogP contribution in [0, 0.1) is 5.92 Å². The second-order valence-corrected chi connectivity index (χ2v) is 6.63. The highest BCUT2D eigenvalue weighted by atomic mass is 15.2. The molecule has 0 amide bonds. The molecule has 0 spiro atoms. The van der Waals surface area contributed by atoms with Crippen molar-refractivity contribution in [3.8, 4) is 0 Å². The highest BCUT2D eigenvalue weighted by molar-refractivity contribution is 5.48. The molecule has 1 aliphatic carbocycles. The summed E-state index contributed by atoms with van der Waals surface area (Å²) in [4.78, 5) is 7.20. The van der Waals surface area contributed by atoms with Gasteiger partial charge in [-0.2, -0.15) is 0 Å². The van der Waals surface area contributed by atoms with Crippen molar-refractivity contribution in [1.82, 2.24) is 10.3 Å². The molecule has 2 fully saturated rings. The highest BCUT2D eigenvalue weighted by Gasteiger charge is 2.33. The summed E-state index contributed by atoms with van der Waals surface area (Å²) in [6.07, 6.45) is 11.6. The van der Waals surface area contributed by atoms with Crippen LogP contribution >= 0.6 is 0 Å². The fourth-order valence-electron chi connectivity index (χ4n) is 4.08. The van der Waals surface area contributed by atoms with Crippen molar-refractivity contribution in [2.24, 2.45) is 5.92 Å². The largest absolute Gasteiger partial charge is 0.368 e. The highest BCUT2D eigenvalue weighted by Crippen LogP contribution is 2.37. The first-order valence-corrected chi connectivity index (χ1v) is 8.81. The molecule has 2 heterocycles. The van der Waals surface area contributed by atoms with Crippen LogP contribution < -0.4 is 10.2 Å². The van der Waals surface area contributed by atoms with E-state index in [2.05, 4.69) is 34.3 Å². The zero-order valence-electron chi connectivity index (χ0n) is 13.4. The van der Waals surface area contributed by atoms with Gasteiger partial charge in [-0.15, -0.1) is 0 Å². The van der Waals surface area contributed by atoms with E-state index >= 15 is 0 Å². The zero-order chi connectivity index (χ0) is 14.5. The molecule has 1 aromatic rings. The van der Waals surface area contributed by atoms with Gasteiger partial charge in [-0.3, -0.25) is 4.98 Å². The van der Waals surface area contributed by atoms with Crippen LogP contribution in [0.2, 0.25) is 0 Å². The molecule has 21 heavy (non-hydrogen) atoms. The third-order valence-electron chi connectivity index (χ3n) is 5.11. The van der Waals surface area contributed by atoms with Crippen molar-refractivity contribution in [3.05, 3.63) is 24.0 Å². The van der Waals surface area contributed by atoms with Gasteiger partial charge in [0.2, 0.25) is 0 Å². The van der Waals surface area contributed by atoms with E-state index in [1.165, 1.54) is 62.9 Å². The van der Waals surface area contributed by atoms with E-state index in [4.69, 9.17) is 0 Å². The molecule has 2 atom stereocenters. The summed E-state index contributed by atoms with van der Waals surface area (Å²) in [5.74, 6) is 0.933. The first kappa shape index (κ1) is 14.8. The van der Waals surface area contributed by atoms with Crippen LogP contribution in [0.15, 0.2) is 18.3 Å². The van der Waals surface area contributed by atoms with E-state index in [1.807, 2.05) is 6.20 Å². The lowest BCUT2D eigenvalue weighted by atomic mass is 9.78. The van der Waals surface area contributed by atoms with Crippen LogP contribution in [-0.4, -0.2) is 24.1 Å². The van der Waals surface area contributed by atoms with E-state index in [0.717, 1.165) is 25.0 Å². The molecular weight excluding hydrogens is 258 g/mol. The predicted molar refractivity (Wildman–Crippen MR) is 88.6 cm³/mol. The standard InChI is InChI=1S/C18H29N3/c1-2-10-19-14-16-13-17(9-11-20-16)21-12-5-7-15-6-3-4-8-18(15)21/h9,11,13,15,18-19H,2-8,10,12,14H2,1H3. The SMILES string of the molecule is CCCNCc1cc(N2CCCC3CCCCC32)ccn1. The molecule has 3 nitrogen and oxygen atoms in total. The van der Waals surface area contributed by atoms with Gasteiger partial charge in [0.1, 0.15) is 0 Å². The third-order valence-corrected chi connectivity index (χ3v) is 5.11. The summed E-state index contributed by atoms with van der Waals surface area (Å²) < 4.78 is 0. The second kappa shape index (κ2) is 7.26. The van der Waals surface area contributed by atoms with Crippen molar-refractivity contribution in [2.45, 2.75) is 64.5 Å². The number of hydrogen-bond acceptors (Lipinski definition) is 3. The number of rotatable bonds is 5. The average Bonchev–Trinajstić information content (AvgIpc) is 2.55. The van der Waals surface area contributed by atoms with Crippen molar-refractivity contribution in [3.63, 3.8) is 0 Å². The number of pyridine rings is 1. The minimum Gasteiger partial charge on any atom is -0.368 e. The van der Waals surface area contributed by atoms with E-state index in [9.17, 15) is 0 Å². The van der Waals surface area contributed by atoms with Crippen molar-refractivity contribution in [1.29, 1.82) is 0 Å². The fraction of sp³-hybridized carbons (Fsp3) is 0.722. The molecule has 1 saturated heterocycles. The number of hydrogen-bond donors (Lipinski definition) is 1. The smallest absolute Gasteiger partial charge is 0.0562 e. The Hall–Kier alpha value is -1.09. The Morgan fingerprint density at radius 2 is 2.10 bits per heavy atom. The molecule has 2 aliphatic rings. The molecule has 3 rings (SSSR count). The monoisotopic (exact) mass is 287 g/mol. The van der Waals surface area contributed by atoms with Crippen molar-refractivity contribution < 1.29 is 0 Å². The zero-order valence-corrected chi connectivity index (χ0v) is 13.4. The molecule has 0 radical (unpaired) electrons. The topological polar surface area (TPSA) is 28.2 Å². The average molecular weight is 287 g/mol. The third kappa shape index (κ3) is 3.57. The molecule has 2 unspecified atom stereocenters. The minimum atomic E-state index is 0.784.